The van der Waals surface area contributed by atoms with E-state index in [1.54, 1.807) is 0 Å². The van der Waals surface area contributed by atoms with Crippen LogP contribution in [0.15, 0.2) is 261 Å². The van der Waals surface area contributed by atoms with Crippen LogP contribution >= 0.6 is 0 Å². The summed E-state index contributed by atoms with van der Waals surface area (Å²) in [7, 11) is 0. The number of rotatable bonds is 7. The first-order valence-corrected chi connectivity index (χ1v) is 23.7. The summed E-state index contributed by atoms with van der Waals surface area (Å²) in [6.07, 6.45) is 2.20. The van der Waals surface area contributed by atoms with Crippen LogP contribution in [0.25, 0.3) is 50.2 Å². The second-order valence-electron chi connectivity index (χ2n) is 18.1. The molecule has 0 saturated carbocycles. The zero-order valence-electron chi connectivity index (χ0n) is 37.4. The van der Waals surface area contributed by atoms with Crippen LogP contribution in [-0.2, 0) is 5.41 Å². The van der Waals surface area contributed by atoms with Crippen LogP contribution in [0.5, 0.6) is 0 Å². The van der Waals surface area contributed by atoms with E-state index in [1.165, 1.54) is 94.8 Å². The average molecular weight is 870 g/mol. The molecule has 1 aliphatic carbocycles. The van der Waals surface area contributed by atoms with Crippen molar-refractivity contribution in [3.63, 3.8) is 0 Å². The van der Waals surface area contributed by atoms with Gasteiger partial charge in [-0.3, -0.25) is 5.32 Å². The van der Waals surface area contributed by atoms with Crippen LogP contribution in [0.3, 0.4) is 0 Å². The van der Waals surface area contributed by atoms with Crippen LogP contribution in [0, 0.1) is 0 Å². The third kappa shape index (κ3) is 6.54. The second kappa shape index (κ2) is 16.4. The van der Waals surface area contributed by atoms with Gasteiger partial charge in [0.15, 0.2) is 0 Å². The maximum Gasteiger partial charge on any atom is 0.104 e. The van der Waals surface area contributed by atoms with Crippen molar-refractivity contribution in [1.29, 1.82) is 0 Å². The van der Waals surface area contributed by atoms with Gasteiger partial charge in [-0.05, 0) is 132 Å². The molecule has 68 heavy (non-hydrogen) atoms. The van der Waals surface area contributed by atoms with Crippen molar-refractivity contribution in [3.8, 4) is 44.5 Å². The Balaban J connectivity index is 0.860. The summed E-state index contributed by atoms with van der Waals surface area (Å²) in [5.41, 5.74) is 22.8. The molecule has 1 spiro atoms. The molecule has 0 radical (unpaired) electrons. The van der Waals surface area contributed by atoms with Crippen molar-refractivity contribution in [3.05, 3.63) is 300 Å². The van der Waals surface area contributed by atoms with Gasteiger partial charge in [0.2, 0.25) is 0 Å². The number of benzene rings is 10. The summed E-state index contributed by atoms with van der Waals surface area (Å²) in [6.45, 7) is 0. The van der Waals surface area contributed by atoms with Crippen molar-refractivity contribution >= 4 is 22.8 Å². The predicted molar refractivity (Wildman–Crippen MR) is 281 cm³/mol. The fraction of sp³-hybridized carbons (Fsp3) is 0.0462. The molecule has 0 saturated heterocycles. The van der Waals surface area contributed by atoms with Gasteiger partial charge in [-0.2, -0.15) is 0 Å². The first-order valence-electron chi connectivity index (χ1n) is 23.7. The van der Waals surface area contributed by atoms with E-state index in [0.29, 0.717) is 0 Å². The van der Waals surface area contributed by atoms with E-state index >= 15 is 0 Å². The standard InChI is InChI=1S/C65H47N3/c1-4-18-44(19-5-1)45-34-36-47(37-35-45)61-43-60(46-20-6-2-7-21-46)66-64(67-61)52-25-17-24-50(41-52)48-22-16-23-49(40-48)51-38-39-57-55(42-51)54-28-10-11-29-56(54)65(57)58-30-12-14-32-62(58)68(53-26-8-3-9-27-53)63-33-15-13-31-59(63)65/h1-43,61,64,66-67H. The van der Waals surface area contributed by atoms with E-state index in [4.69, 9.17) is 0 Å². The second-order valence-corrected chi connectivity index (χ2v) is 18.1. The van der Waals surface area contributed by atoms with Crippen LogP contribution in [0.2, 0.25) is 0 Å². The normalized spacial score (nSPS) is 16.2. The monoisotopic (exact) mass is 869 g/mol. The molecule has 0 amide bonds. The van der Waals surface area contributed by atoms with E-state index in [1.807, 2.05) is 0 Å². The molecule has 2 aliphatic heterocycles. The van der Waals surface area contributed by atoms with Crippen LogP contribution in [0.1, 0.15) is 51.2 Å². The lowest BCUT2D eigenvalue weighted by atomic mass is 9.64. The SMILES string of the molecule is C1=C(c2ccccc2)NC(c2cccc(-c3cccc(-c4ccc5c(c4)-c4ccccc4C54c5ccccc5N(c5ccccc5)c5ccccc54)c3)c2)NC1c1ccc(-c2ccccc2)cc1. The van der Waals surface area contributed by atoms with E-state index in [9.17, 15) is 0 Å². The summed E-state index contributed by atoms with van der Waals surface area (Å²) in [6, 6.07) is 93.4. The molecule has 2 unspecified atom stereocenters. The number of hydrogen-bond donors (Lipinski definition) is 2. The number of nitrogens with one attached hydrogen (secondary N) is 2. The molecule has 2 N–H and O–H groups in total. The van der Waals surface area contributed by atoms with Crippen molar-refractivity contribution in [1.82, 2.24) is 10.6 Å². The van der Waals surface area contributed by atoms with Gasteiger partial charge in [0.25, 0.3) is 0 Å². The van der Waals surface area contributed by atoms with Crippen LogP contribution in [0.4, 0.5) is 17.1 Å². The Labute approximate surface area is 398 Å². The highest BCUT2D eigenvalue weighted by molar-refractivity contribution is 5.96. The molecule has 0 fully saturated rings. The van der Waals surface area contributed by atoms with Crippen molar-refractivity contribution in [2.24, 2.45) is 0 Å². The fourth-order valence-corrected chi connectivity index (χ4v) is 11.2. The summed E-state index contributed by atoms with van der Waals surface area (Å²) >= 11 is 0. The molecule has 0 aromatic heterocycles. The largest absolute Gasteiger partial charge is 0.366 e. The maximum atomic E-state index is 3.95. The van der Waals surface area contributed by atoms with Gasteiger partial charge >= 0.3 is 0 Å². The molecule has 2 atom stereocenters. The molecule has 3 heteroatoms. The van der Waals surface area contributed by atoms with Gasteiger partial charge in [0.1, 0.15) is 6.17 Å². The lowest BCUT2D eigenvalue weighted by Crippen LogP contribution is -2.39. The molecular formula is C65H47N3. The first kappa shape index (κ1) is 39.8. The predicted octanol–water partition coefficient (Wildman–Crippen LogP) is 15.8. The highest BCUT2D eigenvalue weighted by atomic mass is 15.2. The zero-order chi connectivity index (χ0) is 45.0. The van der Waals surface area contributed by atoms with Crippen LogP contribution in [-0.4, -0.2) is 0 Å². The minimum atomic E-state index is -0.480. The number of hydrogen-bond acceptors (Lipinski definition) is 3. The third-order valence-electron chi connectivity index (χ3n) is 14.3. The van der Waals surface area contributed by atoms with Gasteiger partial charge in [-0.15, -0.1) is 0 Å². The Hall–Kier alpha value is -8.50. The third-order valence-corrected chi connectivity index (χ3v) is 14.3. The van der Waals surface area contributed by atoms with Crippen molar-refractivity contribution in [2.45, 2.75) is 17.6 Å². The molecule has 10 aromatic carbocycles. The average Bonchev–Trinajstić information content (AvgIpc) is 3.71. The minimum absolute atomic E-state index is 0.00992. The van der Waals surface area contributed by atoms with Gasteiger partial charge < -0.3 is 10.2 Å². The number of nitrogens with zero attached hydrogens (tertiary/aromatic N) is 1. The number of fused-ring (bicyclic) bond motifs is 9. The topological polar surface area (TPSA) is 27.3 Å². The molecule has 322 valence electrons. The van der Waals surface area contributed by atoms with E-state index < -0.39 is 5.41 Å². The Bertz CT molecular complexity index is 3470. The Morgan fingerprint density at radius 2 is 0.838 bits per heavy atom. The lowest BCUT2D eigenvalue weighted by molar-refractivity contribution is 0.443. The molecule has 10 aromatic rings. The molecular weight excluding hydrogens is 823 g/mol. The minimum Gasteiger partial charge on any atom is -0.366 e. The fourth-order valence-electron chi connectivity index (χ4n) is 11.2. The summed E-state index contributed by atoms with van der Waals surface area (Å²) in [5.74, 6) is 0. The maximum absolute atomic E-state index is 3.95. The quantitative estimate of drug-likeness (QED) is 0.167. The highest BCUT2D eigenvalue weighted by Gasteiger charge is 2.51. The number of anilines is 3. The number of para-hydroxylation sites is 3. The zero-order valence-corrected chi connectivity index (χ0v) is 37.4. The van der Waals surface area contributed by atoms with E-state index in [-0.39, 0.29) is 12.2 Å². The van der Waals surface area contributed by atoms with Gasteiger partial charge in [0.05, 0.1) is 22.8 Å². The highest BCUT2D eigenvalue weighted by Crippen LogP contribution is 2.63. The van der Waals surface area contributed by atoms with Crippen LogP contribution < -0.4 is 15.5 Å². The first-order chi connectivity index (χ1) is 33.7. The Morgan fingerprint density at radius 1 is 0.338 bits per heavy atom. The summed E-state index contributed by atoms with van der Waals surface area (Å²) in [4.78, 5) is 2.44. The summed E-state index contributed by atoms with van der Waals surface area (Å²) < 4.78 is 0. The van der Waals surface area contributed by atoms with Gasteiger partial charge in [0, 0.05) is 11.4 Å². The van der Waals surface area contributed by atoms with E-state index in [0.717, 1.165) is 11.4 Å². The van der Waals surface area contributed by atoms with Gasteiger partial charge in [-0.1, -0.05) is 212 Å². The molecule has 0 bridgehead atoms. The Morgan fingerprint density at radius 3 is 1.53 bits per heavy atom. The lowest BCUT2D eigenvalue weighted by Gasteiger charge is -2.45. The van der Waals surface area contributed by atoms with E-state index in [2.05, 4.69) is 276 Å². The smallest absolute Gasteiger partial charge is 0.104 e. The Kier molecular flexibility index (Phi) is 9.62. The van der Waals surface area contributed by atoms with Crippen molar-refractivity contribution in [2.75, 3.05) is 4.90 Å². The van der Waals surface area contributed by atoms with Gasteiger partial charge in [-0.25, -0.2) is 0 Å². The molecule has 3 aliphatic rings. The molecule has 13 rings (SSSR count). The molecule has 2 heterocycles. The summed E-state index contributed by atoms with van der Waals surface area (Å²) in [5, 5.41) is 7.82. The molecule has 3 nitrogen and oxygen atoms in total. The van der Waals surface area contributed by atoms with Crippen molar-refractivity contribution < 1.29 is 0 Å².